The standard InChI is InChI=1S/C23H24N4O2S2/c1-28-17-6-4-16(5-7-17)18-14-31-23-21(18)22(25-15-26-23)24-13-19(20-3-2-12-30-20)27-8-10-29-11-9-27/h2-7,12,14-15,19H,8-11,13H2,1H3,(H,24,25,26)/t19-/m0/s1. The van der Waals surface area contributed by atoms with E-state index in [4.69, 9.17) is 9.47 Å². The minimum Gasteiger partial charge on any atom is -0.497 e. The van der Waals surface area contributed by atoms with Crippen molar-refractivity contribution in [1.29, 1.82) is 0 Å². The Morgan fingerprint density at radius 2 is 1.97 bits per heavy atom. The van der Waals surface area contributed by atoms with Crippen LogP contribution < -0.4 is 10.1 Å². The summed E-state index contributed by atoms with van der Waals surface area (Å²) in [5.41, 5.74) is 2.28. The van der Waals surface area contributed by atoms with E-state index in [2.05, 4.69) is 55.2 Å². The van der Waals surface area contributed by atoms with Crippen LogP contribution in [0.15, 0.2) is 53.5 Å². The van der Waals surface area contributed by atoms with E-state index in [0.29, 0.717) is 0 Å². The molecule has 160 valence electrons. The van der Waals surface area contributed by atoms with E-state index >= 15 is 0 Å². The molecule has 3 aromatic heterocycles. The van der Waals surface area contributed by atoms with Crippen LogP contribution >= 0.6 is 22.7 Å². The molecule has 1 aromatic carbocycles. The van der Waals surface area contributed by atoms with Crippen LogP contribution in [0.4, 0.5) is 5.82 Å². The highest BCUT2D eigenvalue weighted by molar-refractivity contribution is 7.17. The van der Waals surface area contributed by atoms with E-state index in [1.54, 1.807) is 36.1 Å². The highest BCUT2D eigenvalue weighted by Crippen LogP contribution is 2.37. The first-order valence-corrected chi connectivity index (χ1v) is 12.0. The third kappa shape index (κ3) is 4.29. The van der Waals surface area contributed by atoms with Crippen molar-refractivity contribution in [3.63, 3.8) is 0 Å². The van der Waals surface area contributed by atoms with Crippen molar-refractivity contribution < 1.29 is 9.47 Å². The summed E-state index contributed by atoms with van der Waals surface area (Å²) in [4.78, 5) is 14.0. The topological polar surface area (TPSA) is 59.5 Å². The lowest BCUT2D eigenvalue weighted by Crippen LogP contribution is -2.41. The SMILES string of the molecule is COc1ccc(-c2csc3ncnc(NC[C@@H](c4cccs4)N4CCOCC4)c23)cc1. The largest absolute Gasteiger partial charge is 0.497 e. The number of rotatable bonds is 7. The third-order valence-electron chi connectivity index (χ3n) is 5.59. The molecule has 6 nitrogen and oxygen atoms in total. The molecule has 0 bridgehead atoms. The lowest BCUT2D eigenvalue weighted by atomic mass is 10.1. The van der Waals surface area contributed by atoms with Crippen LogP contribution in [-0.4, -0.2) is 54.8 Å². The summed E-state index contributed by atoms with van der Waals surface area (Å²) in [5, 5.41) is 9.02. The molecule has 0 radical (unpaired) electrons. The van der Waals surface area contributed by atoms with Gasteiger partial charge in [0.25, 0.3) is 0 Å². The molecule has 0 aliphatic carbocycles. The first-order valence-electron chi connectivity index (χ1n) is 10.3. The molecule has 1 aliphatic heterocycles. The molecular formula is C23H24N4O2S2. The number of nitrogens with zero attached hydrogens (tertiary/aromatic N) is 3. The van der Waals surface area contributed by atoms with E-state index in [-0.39, 0.29) is 6.04 Å². The summed E-state index contributed by atoms with van der Waals surface area (Å²) >= 11 is 3.45. The molecule has 0 unspecified atom stereocenters. The molecule has 1 saturated heterocycles. The van der Waals surface area contributed by atoms with Gasteiger partial charge in [-0.3, -0.25) is 4.90 Å². The Morgan fingerprint density at radius 3 is 2.71 bits per heavy atom. The molecule has 8 heteroatoms. The fourth-order valence-corrected chi connectivity index (χ4v) is 5.74. The molecule has 0 spiro atoms. The number of morpholine rings is 1. The number of methoxy groups -OCH3 is 1. The number of aromatic nitrogens is 2. The van der Waals surface area contributed by atoms with Gasteiger partial charge in [-0.15, -0.1) is 22.7 Å². The molecule has 5 rings (SSSR count). The second-order valence-corrected chi connectivity index (χ2v) is 9.18. The number of hydrogen-bond donors (Lipinski definition) is 1. The Balaban J connectivity index is 1.44. The maximum Gasteiger partial charge on any atom is 0.138 e. The van der Waals surface area contributed by atoms with Gasteiger partial charge in [0.1, 0.15) is 22.7 Å². The van der Waals surface area contributed by atoms with Crippen molar-refractivity contribution in [2.75, 3.05) is 45.3 Å². The van der Waals surface area contributed by atoms with Gasteiger partial charge < -0.3 is 14.8 Å². The van der Waals surface area contributed by atoms with Crippen molar-refractivity contribution in [3.05, 3.63) is 58.4 Å². The normalized spacial score (nSPS) is 15.8. The maximum atomic E-state index is 5.57. The Hall–Kier alpha value is -2.52. The van der Waals surface area contributed by atoms with Gasteiger partial charge in [0, 0.05) is 35.5 Å². The van der Waals surface area contributed by atoms with E-state index in [1.165, 1.54) is 4.88 Å². The Morgan fingerprint density at radius 1 is 1.13 bits per heavy atom. The van der Waals surface area contributed by atoms with Gasteiger partial charge in [0.2, 0.25) is 0 Å². The van der Waals surface area contributed by atoms with Crippen LogP contribution in [0.25, 0.3) is 21.3 Å². The first-order chi connectivity index (χ1) is 15.3. The quantitative estimate of drug-likeness (QED) is 0.430. The predicted octanol–water partition coefficient (Wildman–Crippen LogP) is 4.91. The molecule has 31 heavy (non-hydrogen) atoms. The van der Waals surface area contributed by atoms with Crippen LogP contribution in [0, 0.1) is 0 Å². The molecule has 1 aliphatic rings. The summed E-state index contributed by atoms with van der Waals surface area (Å²) < 4.78 is 10.9. The number of ether oxygens (including phenoxy) is 2. The van der Waals surface area contributed by atoms with E-state index in [1.807, 2.05) is 12.1 Å². The van der Waals surface area contributed by atoms with Crippen molar-refractivity contribution in [3.8, 4) is 16.9 Å². The zero-order chi connectivity index (χ0) is 21.0. The predicted molar refractivity (Wildman–Crippen MR) is 127 cm³/mol. The number of anilines is 1. The second kappa shape index (κ2) is 9.32. The molecule has 1 N–H and O–H groups in total. The second-order valence-electron chi connectivity index (χ2n) is 7.34. The molecule has 4 heterocycles. The summed E-state index contributed by atoms with van der Waals surface area (Å²) in [6.07, 6.45) is 1.65. The molecule has 1 atom stereocenters. The van der Waals surface area contributed by atoms with Crippen LogP contribution in [0.5, 0.6) is 5.75 Å². The molecule has 4 aromatic rings. The lowest BCUT2D eigenvalue weighted by molar-refractivity contribution is 0.0194. The van der Waals surface area contributed by atoms with Gasteiger partial charge in [-0.1, -0.05) is 18.2 Å². The van der Waals surface area contributed by atoms with Crippen molar-refractivity contribution >= 4 is 38.7 Å². The van der Waals surface area contributed by atoms with E-state index in [9.17, 15) is 0 Å². The number of benzene rings is 1. The summed E-state index contributed by atoms with van der Waals surface area (Å²) in [6.45, 7) is 4.24. The monoisotopic (exact) mass is 452 g/mol. The minimum atomic E-state index is 0.289. The zero-order valence-electron chi connectivity index (χ0n) is 17.3. The van der Waals surface area contributed by atoms with Crippen molar-refractivity contribution in [1.82, 2.24) is 14.9 Å². The van der Waals surface area contributed by atoms with Crippen LogP contribution in [-0.2, 0) is 4.74 Å². The van der Waals surface area contributed by atoms with Gasteiger partial charge in [0.05, 0.1) is 31.8 Å². The smallest absolute Gasteiger partial charge is 0.138 e. The van der Waals surface area contributed by atoms with Gasteiger partial charge in [-0.25, -0.2) is 9.97 Å². The molecule has 0 amide bonds. The van der Waals surface area contributed by atoms with Crippen LogP contribution in [0.1, 0.15) is 10.9 Å². The van der Waals surface area contributed by atoms with E-state index in [0.717, 1.165) is 65.8 Å². The number of thiophene rings is 2. The fourth-order valence-electron chi connectivity index (χ4n) is 3.97. The van der Waals surface area contributed by atoms with Crippen LogP contribution in [0.3, 0.4) is 0 Å². The molecule has 1 fully saturated rings. The molecular weight excluding hydrogens is 428 g/mol. The summed E-state index contributed by atoms with van der Waals surface area (Å²) in [5.74, 6) is 1.73. The van der Waals surface area contributed by atoms with Gasteiger partial charge in [-0.2, -0.15) is 0 Å². The first kappa shape index (κ1) is 20.4. The highest BCUT2D eigenvalue weighted by atomic mass is 32.1. The number of fused-ring (bicyclic) bond motifs is 1. The van der Waals surface area contributed by atoms with Crippen LogP contribution in [0.2, 0.25) is 0 Å². The van der Waals surface area contributed by atoms with Gasteiger partial charge >= 0.3 is 0 Å². The van der Waals surface area contributed by atoms with Gasteiger partial charge in [-0.05, 0) is 29.1 Å². The average Bonchev–Trinajstić information content (AvgIpc) is 3.51. The van der Waals surface area contributed by atoms with Crippen molar-refractivity contribution in [2.24, 2.45) is 0 Å². The third-order valence-corrected chi connectivity index (χ3v) is 7.45. The Bertz CT molecular complexity index is 1120. The number of hydrogen-bond acceptors (Lipinski definition) is 8. The lowest BCUT2D eigenvalue weighted by Gasteiger charge is -2.34. The Labute approximate surface area is 189 Å². The number of nitrogens with one attached hydrogen (secondary N) is 1. The Kier molecular flexibility index (Phi) is 6.13. The zero-order valence-corrected chi connectivity index (χ0v) is 18.9. The molecule has 0 saturated carbocycles. The average molecular weight is 453 g/mol. The summed E-state index contributed by atoms with van der Waals surface area (Å²) in [7, 11) is 1.68. The fraction of sp³-hybridized carbons (Fsp3) is 0.304. The van der Waals surface area contributed by atoms with Gasteiger partial charge in [0.15, 0.2) is 0 Å². The maximum absolute atomic E-state index is 5.57. The minimum absolute atomic E-state index is 0.289. The highest BCUT2D eigenvalue weighted by Gasteiger charge is 2.24. The van der Waals surface area contributed by atoms with E-state index < -0.39 is 0 Å². The summed E-state index contributed by atoms with van der Waals surface area (Å²) in [6, 6.07) is 12.8. The van der Waals surface area contributed by atoms with Crippen molar-refractivity contribution in [2.45, 2.75) is 6.04 Å².